The van der Waals surface area contributed by atoms with Crippen molar-refractivity contribution in [3.05, 3.63) is 41.1 Å². The second-order valence-electron chi connectivity index (χ2n) is 3.29. The standard InChI is InChI=1S/C11H10BrN3O2/c12-8-1-3-9(4-2-8)13-7-11(16)14-10-5-6-17-15-10/h1-6,13H,7H2,(H,14,15,16). The summed E-state index contributed by atoms with van der Waals surface area (Å²) < 4.78 is 5.60. The Kier molecular flexibility index (Phi) is 3.77. The van der Waals surface area contributed by atoms with E-state index in [2.05, 4.69) is 36.2 Å². The molecule has 0 saturated carbocycles. The van der Waals surface area contributed by atoms with Gasteiger partial charge in [-0.1, -0.05) is 21.1 Å². The first-order chi connectivity index (χ1) is 8.24. The highest BCUT2D eigenvalue weighted by Crippen LogP contribution is 2.13. The van der Waals surface area contributed by atoms with Crippen LogP contribution in [0.25, 0.3) is 0 Å². The van der Waals surface area contributed by atoms with Gasteiger partial charge in [-0.05, 0) is 24.3 Å². The molecule has 0 spiro atoms. The van der Waals surface area contributed by atoms with Crippen LogP contribution in [0.2, 0.25) is 0 Å². The van der Waals surface area contributed by atoms with Gasteiger partial charge in [-0.25, -0.2) is 0 Å². The molecule has 1 amide bonds. The van der Waals surface area contributed by atoms with Gasteiger partial charge in [0, 0.05) is 16.2 Å². The molecule has 0 bridgehead atoms. The number of halogens is 1. The van der Waals surface area contributed by atoms with E-state index in [9.17, 15) is 4.79 Å². The van der Waals surface area contributed by atoms with Crippen LogP contribution in [0, 0.1) is 0 Å². The van der Waals surface area contributed by atoms with Crippen molar-refractivity contribution >= 4 is 33.3 Å². The van der Waals surface area contributed by atoms with Gasteiger partial charge in [0.25, 0.3) is 0 Å². The van der Waals surface area contributed by atoms with E-state index in [1.807, 2.05) is 24.3 Å². The molecule has 0 unspecified atom stereocenters. The number of aromatic nitrogens is 1. The summed E-state index contributed by atoms with van der Waals surface area (Å²) in [5.74, 6) is 0.231. The van der Waals surface area contributed by atoms with Gasteiger partial charge in [0.15, 0.2) is 5.82 Å². The summed E-state index contributed by atoms with van der Waals surface area (Å²) in [7, 11) is 0. The number of hydrogen-bond acceptors (Lipinski definition) is 4. The molecule has 88 valence electrons. The van der Waals surface area contributed by atoms with Crippen molar-refractivity contribution in [1.82, 2.24) is 5.16 Å². The van der Waals surface area contributed by atoms with Crippen LogP contribution in [0.3, 0.4) is 0 Å². The van der Waals surface area contributed by atoms with Gasteiger partial charge in [0.05, 0.1) is 6.54 Å². The maximum absolute atomic E-state index is 11.5. The fraction of sp³-hybridized carbons (Fsp3) is 0.0909. The number of amides is 1. The van der Waals surface area contributed by atoms with Crippen molar-refractivity contribution in [1.29, 1.82) is 0 Å². The van der Waals surface area contributed by atoms with E-state index in [0.29, 0.717) is 5.82 Å². The Morgan fingerprint density at radius 2 is 2.06 bits per heavy atom. The average Bonchev–Trinajstić information content (AvgIpc) is 2.81. The minimum atomic E-state index is -0.179. The molecule has 1 aromatic carbocycles. The molecule has 2 N–H and O–H groups in total. The van der Waals surface area contributed by atoms with Crippen LogP contribution in [0.4, 0.5) is 11.5 Å². The van der Waals surface area contributed by atoms with E-state index >= 15 is 0 Å². The lowest BCUT2D eigenvalue weighted by atomic mass is 10.3. The molecule has 2 rings (SSSR count). The highest BCUT2D eigenvalue weighted by Gasteiger charge is 2.03. The van der Waals surface area contributed by atoms with E-state index in [1.165, 1.54) is 6.26 Å². The minimum Gasteiger partial charge on any atom is -0.376 e. The summed E-state index contributed by atoms with van der Waals surface area (Å²) in [6.07, 6.45) is 1.40. The Hall–Kier alpha value is -1.82. The number of anilines is 2. The Bertz CT molecular complexity index is 482. The van der Waals surface area contributed by atoms with Crippen molar-refractivity contribution in [3.63, 3.8) is 0 Å². The minimum absolute atomic E-state index is 0.175. The molecule has 5 nitrogen and oxygen atoms in total. The van der Waals surface area contributed by atoms with Crippen LogP contribution >= 0.6 is 15.9 Å². The molecular weight excluding hydrogens is 286 g/mol. The maximum atomic E-state index is 11.5. The van der Waals surface area contributed by atoms with Crippen LogP contribution in [0.15, 0.2) is 45.6 Å². The highest BCUT2D eigenvalue weighted by molar-refractivity contribution is 9.10. The van der Waals surface area contributed by atoms with Crippen LogP contribution < -0.4 is 10.6 Å². The third-order valence-electron chi connectivity index (χ3n) is 2.00. The van der Waals surface area contributed by atoms with Gasteiger partial charge < -0.3 is 15.2 Å². The molecule has 0 aliphatic carbocycles. The summed E-state index contributed by atoms with van der Waals surface area (Å²) in [6, 6.07) is 9.15. The van der Waals surface area contributed by atoms with Crippen molar-refractivity contribution in [2.24, 2.45) is 0 Å². The largest absolute Gasteiger partial charge is 0.376 e. The predicted octanol–water partition coefficient (Wildman–Crippen LogP) is 2.49. The van der Waals surface area contributed by atoms with Gasteiger partial charge in [-0.2, -0.15) is 0 Å². The fourth-order valence-electron chi connectivity index (χ4n) is 1.21. The molecule has 2 aromatic rings. The number of hydrogen-bond donors (Lipinski definition) is 2. The van der Waals surface area contributed by atoms with E-state index in [-0.39, 0.29) is 12.5 Å². The number of carbonyl (C=O) groups excluding carboxylic acids is 1. The zero-order valence-electron chi connectivity index (χ0n) is 8.81. The third kappa shape index (κ3) is 3.60. The van der Waals surface area contributed by atoms with Gasteiger partial charge in [-0.15, -0.1) is 0 Å². The van der Waals surface area contributed by atoms with E-state index in [4.69, 9.17) is 0 Å². The van der Waals surface area contributed by atoms with Crippen molar-refractivity contribution < 1.29 is 9.32 Å². The molecular formula is C11H10BrN3O2. The average molecular weight is 296 g/mol. The number of carbonyl (C=O) groups is 1. The molecule has 0 radical (unpaired) electrons. The monoisotopic (exact) mass is 295 g/mol. The zero-order chi connectivity index (χ0) is 12.1. The summed E-state index contributed by atoms with van der Waals surface area (Å²) in [4.78, 5) is 11.5. The van der Waals surface area contributed by atoms with Crippen molar-refractivity contribution in [3.8, 4) is 0 Å². The first-order valence-electron chi connectivity index (χ1n) is 4.94. The lowest BCUT2D eigenvalue weighted by Crippen LogP contribution is -2.21. The van der Waals surface area contributed by atoms with Gasteiger partial charge >= 0.3 is 0 Å². The molecule has 0 aliphatic rings. The first kappa shape index (κ1) is 11.7. The molecule has 0 aliphatic heterocycles. The molecule has 1 heterocycles. The number of nitrogens with zero attached hydrogens (tertiary/aromatic N) is 1. The summed E-state index contributed by atoms with van der Waals surface area (Å²) in [5.41, 5.74) is 0.878. The second-order valence-corrected chi connectivity index (χ2v) is 4.21. The van der Waals surface area contributed by atoms with E-state index in [0.717, 1.165) is 10.2 Å². The first-order valence-corrected chi connectivity index (χ1v) is 5.73. The van der Waals surface area contributed by atoms with Crippen molar-refractivity contribution in [2.75, 3.05) is 17.2 Å². The molecule has 1 aromatic heterocycles. The zero-order valence-corrected chi connectivity index (χ0v) is 10.4. The van der Waals surface area contributed by atoms with E-state index in [1.54, 1.807) is 6.07 Å². The van der Waals surface area contributed by atoms with Gasteiger partial charge in [0.1, 0.15) is 6.26 Å². The van der Waals surface area contributed by atoms with Gasteiger partial charge in [0.2, 0.25) is 5.91 Å². The molecule has 0 fully saturated rings. The topological polar surface area (TPSA) is 67.2 Å². The van der Waals surface area contributed by atoms with E-state index < -0.39 is 0 Å². The third-order valence-corrected chi connectivity index (χ3v) is 2.53. The molecule has 17 heavy (non-hydrogen) atoms. The van der Waals surface area contributed by atoms with Crippen LogP contribution in [-0.4, -0.2) is 17.6 Å². The maximum Gasteiger partial charge on any atom is 0.244 e. The number of rotatable bonds is 4. The second kappa shape index (κ2) is 5.49. The van der Waals surface area contributed by atoms with Gasteiger partial charge in [-0.3, -0.25) is 4.79 Å². The van der Waals surface area contributed by atoms with Crippen LogP contribution in [0.1, 0.15) is 0 Å². The number of benzene rings is 1. The molecule has 0 saturated heterocycles. The van der Waals surface area contributed by atoms with Crippen LogP contribution in [0.5, 0.6) is 0 Å². The van der Waals surface area contributed by atoms with Crippen molar-refractivity contribution in [2.45, 2.75) is 0 Å². The normalized spacial score (nSPS) is 9.94. The lowest BCUT2D eigenvalue weighted by molar-refractivity contribution is -0.114. The fourth-order valence-corrected chi connectivity index (χ4v) is 1.48. The molecule has 6 heteroatoms. The summed E-state index contributed by atoms with van der Waals surface area (Å²) in [6.45, 7) is 0.175. The summed E-state index contributed by atoms with van der Waals surface area (Å²) in [5, 5.41) is 9.16. The Balaban J connectivity index is 1.82. The lowest BCUT2D eigenvalue weighted by Gasteiger charge is -2.05. The quantitative estimate of drug-likeness (QED) is 0.909. The van der Waals surface area contributed by atoms with Crippen LogP contribution in [-0.2, 0) is 4.79 Å². The Morgan fingerprint density at radius 1 is 1.29 bits per heavy atom. The Morgan fingerprint density at radius 3 is 2.71 bits per heavy atom. The highest BCUT2D eigenvalue weighted by atomic mass is 79.9. The Labute approximate surface area is 106 Å². The molecule has 0 atom stereocenters. The number of nitrogens with one attached hydrogen (secondary N) is 2. The summed E-state index contributed by atoms with van der Waals surface area (Å²) >= 11 is 3.34. The SMILES string of the molecule is O=C(CNc1ccc(Br)cc1)Nc1ccon1. The predicted molar refractivity (Wildman–Crippen MR) is 67.8 cm³/mol. The smallest absolute Gasteiger partial charge is 0.244 e.